The summed E-state index contributed by atoms with van der Waals surface area (Å²) < 4.78 is 10.9. The number of halogens is 2. The third-order valence-electron chi connectivity index (χ3n) is 3.79. The third kappa shape index (κ3) is 4.78. The van der Waals surface area contributed by atoms with Gasteiger partial charge < -0.3 is 14.2 Å². The molecule has 0 saturated heterocycles. The lowest BCUT2D eigenvalue weighted by Crippen LogP contribution is -2.37. The zero-order valence-corrected chi connectivity index (χ0v) is 16.2. The zero-order chi connectivity index (χ0) is 19.4. The molecular formula is C19H17Cl2N3O3. The van der Waals surface area contributed by atoms with Gasteiger partial charge in [-0.25, -0.2) is 0 Å². The lowest BCUT2D eigenvalue weighted by atomic mass is 10.2. The van der Waals surface area contributed by atoms with Crippen LogP contribution in [0.15, 0.2) is 53.1 Å². The van der Waals surface area contributed by atoms with Crippen LogP contribution in [0, 0.1) is 0 Å². The first-order valence-electron chi connectivity index (χ1n) is 8.18. The highest BCUT2D eigenvalue weighted by Gasteiger charge is 2.22. The summed E-state index contributed by atoms with van der Waals surface area (Å²) in [5.41, 5.74) is 0.667. The van der Waals surface area contributed by atoms with E-state index in [-0.39, 0.29) is 12.5 Å². The fourth-order valence-electron chi connectivity index (χ4n) is 2.46. The van der Waals surface area contributed by atoms with Gasteiger partial charge in [0.25, 0.3) is 5.91 Å². The number of aromatic nitrogens is 2. The predicted molar refractivity (Wildman–Crippen MR) is 103 cm³/mol. The van der Waals surface area contributed by atoms with Gasteiger partial charge in [0.1, 0.15) is 5.75 Å². The highest BCUT2D eigenvalue weighted by Crippen LogP contribution is 2.25. The highest BCUT2D eigenvalue weighted by molar-refractivity contribution is 6.33. The number of benzene rings is 2. The van der Waals surface area contributed by atoms with E-state index in [2.05, 4.69) is 10.1 Å². The minimum Gasteiger partial charge on any atom is -0.481 e. The average molecular weight is 406 g/mol. The third-order valence-corrected chi connectivity index (χ3v) is 4.35. The second-order valence-corrected chi connectivity index (χ2v) is 6.75. The number of hydrogen-bond acceptors (Lipinski definition) is 5. The number of carbonyl (C=O) groups is 1. The number of likely N-dealkylation sites (N-methyl/N-ethyl adjacent to an activating group) is 1. The van der Waals surface area contributed by atoms with E-state index in [1.807, 2.05) is 12.1 Å². The van der Waals surface area contributed by atoms with E-state index in [0.29, 0.717) is 33.1 Å². The van der Waals surface area contributed by atoms with Crippen LogP contribution in [0.2, 0.25) is 10.0 Å². The normalized spacial score (nSPS) is 11.9. The molecule has 0 aliphatic carbocycles. The molecule has 0 N–H and O–H groups in total. The Labute approximate surface area is 166 Å². The Morgan fingerprint density at radius 1 is 1.22 bits per heavy atom. The van der Waals surface area contributed by atoms with E-state index in [1.165, 1.54) is 4.90 Å². The first kappa shape index (κ1) is 19.2. The Morgan fingerprint density at radius 3 is 2.74 bits per heavy atom. The molecule has 0 radical (unpaired) electrons. The van der Waals surface area contributed by atoms with Crippen molar-refractivity contribution in [3.8, 4) is 17.1 Å². The van der Waals surface area contributed by atoms with Crippen molar-refractivity contribution < 1.29 is 14.1 Å². The molecule has 1 heterocycles. The van der Waals surface area contributed by atoms with Crippen LogP contribution in [-0.4, -0.2) is 34.1 Å². The van der Waals surface area contributed by atoms with Gasteiger partial charge in [0.2, 0.25) is 11.7 Å². The molecule has 2 aromatic carbocycles. The van der Waals surface area contributed by atoms with Gasteiger partial charge in [-0.3, -0.25) is 4.79 Å². The monoisotopic (exact) mass is 405 g/mol. The van der Waals surface area contributed by atoms with Crippen molar-refractivity contribution in [2.24, 2.45) is 0 Å². The van der Waals surface area contributed by atoms with Gasteiger partial charge >= 0.3 is 0 Å². The molecule has 140 valence electrons. The Bertz CT molecular complexity index is 945. The molecule has 8 heteroatoms. The van der Waals surface area contributed by atoms with Crippen LogP contribution in [0.4, 0.5) is 0 Å². The number of hydrogen-bond donors (Lipinski definition) is 0. The SMILES string of the molecule is CC(Oc1cccc(Cl)c1)C(=O)N(C)Cc1nc(-c2ccccc2Cl)no1. The molecule has 3 aromatic rings. The molecule has 27 heavy (non-hydrogen) atoms. The summed E-state index contributed by atoms with van der Waals surface area (Å²) in [7, 11) is 1.64. The Morgan fingerprint density at radius 2 is 2.00 bits per heavy atom. The summed E-state index contributed by atoms with van der Waals surface area (Å²) in [6.07, 6.45) is -0.695. The van der Waals surface area contributed by atoms with Crippen LogP contribution in [0.1, 0.15) is 12.8 Å². The molecular weight excluding hydrogens is 389 g/mol. The smallest absolute Gasteiger partial charge is 0.263 e. The van der Waals surface area contributed by atoms with Crippen molar-refractivity contribution in [2.75, 3.05) is 7.05 Å². The van der Waals surface area contributed by atoms with Crippen molar-refractivity contribution in [2.45, 2.75) is 19.6 Å². The summed E-state index contributed by atoms with van der Waals surface area (Å²) in [5.74, 6) is 0.971. The van der Waals surface area contributed by atoms with Gasteiger partial charge in [-0.15, -0.1) is 0 Å². The maximum Gasteiger partial charge on any atom is 0.263 e. The number of nitrogens with zero attached hydrogens (tertiary/aromatic N) is 3. The van der Waals surface area contributed by atoms with Crippen molar-refractivity contribution in [3.63, 3.8) is 0 Å². The fraction of sp³-hybridized carbons (Fsp3) is 0.211. The van der Waals surface area contributed by atoms with Crippen LogP contribution < -0.4 is 4.74 Å². The predicted octanol–water partition coefficient (Wildman–Crippen LogP) is 4.47. The van der Waals surface area contributed by atoms with E-state index in [1.54, 1.807) is 50.4 Å². The van der Waals surface area contributed by atoms with Crippen LogP contribution in [0.3, 0.4) is 0 Å². The van der Waals surface area contributed by atoms with Gasteiger partial charge in [0.05, 0.1) is 11.6 Å². The standard InChI is InChI=1S/C19H17Cl2N3O3/c1-12(26-14-7-5-6-13(20)10-14)19(25)24(2)11-17-22-18(23-27-17)15-8-3-4-9-16(15)21/h3-10,12H,11H2,1-2H3. The molecule has 0 aliphatic rings. The van der Waals surface area contributed by atoms with Crippen LogP contribution in [-0.2, 0) is 11.3 Å². The lowest BCUT2D eigenvalue weighted by Gasteiger charge is -2.20. The number of amides is 1. The van der Waals surface area contributed by atoms with Gasteiger partial charge in [0, 0.05) is 17.6 Å². The number of carbonyl (C=O) groups excluding carboxylic acids is 1. The summed E-state index contributed by atoms with van der Waals surface area (Å²) >= 11 is 12.1. The first-order chi connectivity index (χ1) is 12.9. The minimum atomic E-state index is -0.695. The second kappa shape index (κ2) is 8.41. The fourth-order valence-corrected chi connectivity index (χ4v) is 2.86. The van der Waals surface area contributed by atoms with Crippen molar-refractivity contribution in [3.05, 3.63) is 64.5 Å². The molecule has 0 aliphatic heterocycles. The Kier molecular flexibility index (Phi) is 5.98. The van der Waals surface area contributed by atoms with Crippen LogP contribution >= 0.6 is 23.2 Å². The van der Waals surface area contributed by atoms with Crippen LogP contribution in [0.5, 0.6) is 5.75 Å². The van der Waals surface area contributed by atoms with Gasteiger partial charge in [-0.1, -0.05) is 46.6 Å². The van der Waals surface area contributed by atoms with Gasteiger partial charge in [-0.05, 0) is 37.3 Å². The molecule has 3 rings (SSSR count). The molecule has 6 nitrogen and oxygen atoms in total. The molecule has 1 unspecified atom stereocenters. The number of rotatable bonds is 6. The topological polar surface area (TPSA) is 68.5 Å². The largest absolute Gasteiger partial charge is 0.481 e. The molecule has 0 spiro atoms. The van der Waals surface area contributed by atoms with E-state index in [4.69, 9.17) is 32.5 Å². The second-order valence-electron chi connectivity index (χ2n) is 5.90. The average Bonchev–Trinajstić information content (AvgIpc) is 3.09. The van der Waals surface area contributed by atoms with Gasteiger partial charge in [-0.2, -0.15) is 4.98 Å². The summed E-state index contributed by atoms with van der Waals surface area (Å²) in [5, 5.41) is 4.99. The van der Waals surface area contributed by atoms with Gasteiger partial charge in [0.15, 0.2) is 6.10 Å². The molecule has 0 fully saturated rings. The summed E-state index contributed by atoms with van der Waals surface area (Å²) in [6.45, 7) is 1.82. The molecule has 0 saturated carbocycles. The van der Waals surface area contributed by atoms with E-state index in [0.717, 1.165) is 0 Å². The molecule has 1 atom stereocenters. The maximum absolute atomic E-state index is 12.5. The van der Waals surface area contributed by atoms with Crippen LogP contribution in [0.25, 0.3) is 11.4 Å². The first-order valence-corrected chi connectivity index (χ1v) is 8.94. The molecule has 1 aromatic heterocycles. The molecule has 0 bridgehead atoms. The van der Waals surface area contributed by atoms with E-state index < -0.39 is 6.10 Å². The van der Waals surface area contributed by atoms with E-state index in [9.17, 15) is 4.79 Å². The maximum atomic E-state index is 12.5. The highest BCUT2D eigenvalue weighted by atomic mass is 35.5. The quantitative estimate of drug-likeness (QED) is 0.604. The Hall–Kier alpha value is -2.57. The number of ether oxygens (including phenoxy) is 1. The Balaban J connectivity index is 1.64. The minimum absolute atomic E-state index is 0.152. The van der Waals surface area contributed by atoms with Crippen molar-refractivity contribution >= 4 is 29.1 Å². The summed E-state index contributed by atoms with van der Waals surface area (Å²) in [6, 6.07) is 14.1. The lowest BCUT2D eigenvalue weighted by molar-refractivity contribution is -0.137. The van der Waals surface area contributed by atoms with Crippen molar-refractivity contribution in [1.82, 2.24) is 15.0 Å². The van der Waals surface area contributed by atoms with Crippen molar-refractivity contribution in [1.29, 1.82) is 0 Å². The summed E-state index contributed by atoms with van der Waals surface area (Å²) in [4.78, 5) is 18.3. The molecule has 1 amide bonds. The van der Waals surface area contributed by atoms with E-state index >= 15 is 0 Å². The zero-order valence-electron chi connectivity index (χ0n) is 14.7.